The van der Waals surface area contributed by atoms with Gasteiger partial charge in [-0.3, -0.25) is 4.57 Å². The molecular formula is C61H41N5O. The van der Waals surface area contributed by atoms with E-state index in [1.54, 1.807) is 6.20 Å². The second kappa shape index (κ2) is 15.6. The fraction of sp³-hybridized carbons (Fsp3) is 0.0164. The molecule has 0 aliphatic rings. The van der Waals surface area contributed by atoms with E-state index >= 15 is 0 Å². The van der Waals surface area contributed by atoms with Gasteiger partial charge in [0, 0.05) is 52.6 Å². The first-order valence-electron chi connectivity index (χ1n) is 22.6. The van der Waals surface area contributed by atoms with Crippen LogP contribution < -0.4 is 4.74 Å². The van der Waals surface area contributed by atoms with Crippen molar-refractivity contribution in [1.82, 2.24) is 23.7 Å². The third kappa shape index (κ3) is 6.57. The summed E-state index contributed by atoms with van der Waals surface area (Å²) in [4.78, 5) is 9.78. The third-order valence-electron chi connectivity index (χ3n) is 13.2. The van der Waals surface area contributed by atoms with Gasteiger partial charge in [-0.1, -0.05) is 158 Å². The largest absolute Gasteiger partial charge is 0.439 e. The lowest BCUT2D eigenvalue weighted by atomic mass is 9.99. The molecule has 0 amide bonds. The Kier molecular flexibility index (Phi) is 8.96. The summed E-state index contributed by atoms with van der Waals surface area (Å²) in [5, 5.41) is 4.65. The maximum absolute atomic E-state index is 6.35. The molecule has 13 rings (SSSR count). The van der Waals surface area contributed by atoms with Crippen molar-refractivity contribution in [3.63, 3.8) is 0 Å². The Morgan fingerprint density at radius 1 is 0.358 bits per heavy atom. The van der Waals surface area contributed by atoms with Crippen LogP contribution in [0.3, 0.4) is 0 Å². The van der Waals surface area contributed by atoms with E-state index < -0.39 is 0 Å². The van der Waals surface area contributed by atoms with Crippen LogP contribution in [0.15, 0.2) is 231 Å². The van der Waals surface area contributed by atoms with Crippen molar-refractivity contribution in [3.05, 3.63) is 231 Å². The molecule has 0 N–H and O–H groups in total. The predicted molar refractivity (Wildman–Crippen MR) is 275 cm³/mol. The molecule has 0 unspecified atom stereocenters. The van der Waals surface area contributed by atoms with Crippen LogP contribution in [0.5, 0.6) is 11.6 Å². The zero-order valence-electron chi connectivity index (χ0n) is 36.6. The predicted octanol–water partition coefficient (Wildman–Crippen LogP) is 15.6. The van der Waals surface area contributed by atoms with Gasteiger partial charge in [0.1, 0.15) is 5.75 Å². The van der Waals surface area contributed by atoms with Crippen molar-refractivity contribution in [2.24, 2.45) is 7.05 Å². The molecule has 0 saturated heterocycles. The van der Waals surface area contributed by atoms with Gasteiger partial charge in [-0.15, -0.1) is 0 Å². The molecule has 0 atom stereocenters. The van der Waals surface area contributed by atoms with Crippen LogP contribution >= 0.6 is 0 Å². The second-order valence-electron chi connectivity index (χ2n) is 17.1. The highest BCUT2D eigenvalue weighted by Gasteiger charge is 2.22. The summed E-state index contributed by atoms with van der Waals surface area (Å²) >= 11 is 0. The fourth-order valence-corrected chi connectivity index (χ4v) is 9.90. The summed E-state index contributed by atoms with van der Waals surface area (Å²) in [7, 11) is 2.12. The molecule has 13 aromatic rings. The van der Waals surface area contributed by atoms with Crippen molar-refractivity contribution < 1.29 is 4.74 Å². The molecule has 0 aliphatic carbocycles. The molecule has 316 valence electrons. The Hall–Kier alpha value is -9.00. The molecule has 4 heterocycles. The van der Waals surface area contributed by atoms with Crippen LogP contribution in [0, 0.1) is 0 Å². The number of ether oxygens (including phenoxy) is 1. The first kappa shape index (κ1) is 38.5. The number of benzene rings is 9. The molecule has 0 spiro atoms. The fourth-order valence-electron chi connectivity index (χ4n) is 9.90. The van der Waals surface area contributed by atoms with Crippen LogP contribution in [0.25, 0.3) is 111 Å². The first-order valence-corrected chi connectivity index (χ1v) is 22.6. The summed E-state index contributed by atoms with van der Waals surface area (Å²) in [6.07, 6.45) is 1.75. The van der Waals surface area contributed by atoms with Crippen LogP contribution in [0.1, 0.15) is 0 Å². The average molecular weight is 860 g/mol. The minimum absolute atomic E-state index is 0.545. The van der Waals surface area contributed by atoms with Gasteiger partial charge in [-0.2, -0.15) is 0 Å². The minimum Gasteiger partial charge on any atom is -0.439 e. The second-order valence-corrected chi connectivity index (χ2v) is 17.1. The molecular weight excluding hydrogens is 819 g/mol. The molecule has 0 fully saturated rings. The number of rotatable bonds is 8. The van der Waals surface area contributed by atoms with E-state index in [4.69, 9.17) is 9.72 Å². The van der Waals surface area contributed by atoms with Crippen LogP contribution in [-0.4, -0.2) is 23.7 Å². The highest BCUT2D eigenvalue weighted by molar-refractivity contribution is 6.20. The van der Waals surface area contributed by atoms with Crippen LogP contribution in [0.4, 0.5) is 0 Å². The number of pyridine rings is 1. The Morgan fingerprint density at radius 3 is 1.46 bits per heavy atom. The molecule has 0 aliphatic heterocycles. The van der Waals surface area contributed by atoms with Gasteiger partial charge in [0.25, 0.3) is 0 Å². The quantitative estimate of drug-likeness (QED) is 0.153. The minimum atomic E-state index is 0.545. The number of fused-ring (bicyclic) bond motifs is 7. The summed E-state index contributed by atoms with van der Waals surface area (Å²) in [6.45, 7) is 0. The van der Waals surface area contributed by atoms with Gasteiger partial charge >= 0.3 is 0 Å². The van der Waals surface area contributed by atoms with E-state index in [2.05, 4.69) is 226 Å². The number of hydrogen-bond acceptors (Lipinski definition) is 3. The normalized spacial score (nSPS) is 11.7. The summed E-state index contributed by atoms with van der Waals surface area (Å²) in [6, 6.07) is 79.7. The molecule has 0 radical (unpaired) electrons. The number of hydrogen-bond donors (Lipinski definition) is 0. The third-order valence-corrected chi connectivity index (χ3v) is 13.2. The topological polar surface area (TPSA) is 49.8 Å². The number of aromatic nitrogens is 5. The SMILES string of the molecule is Cn1c(-n2c3cc(-c4ccc(-c5ccccc5)cc4)ccc3c3cc4c5ccc(-c6ccc(-c7ccccc7)cc6)cc5n(-c5cccc(Oc6ccccn6)c5)c4cc32)nc2ccccc21. The number of aryl methyl sites for hydroxylation is 1. The van der Waals surface area contributed by atoms with E-state index in [1.165, 1.54) is 22.3 Å². The summed E-state index contributed by atoms with van der Waals surface area (Å²) < 4.78 is 13.3. The van der Waals surface area contributed by atoms with E-state index in [1.807, 2.05) is 24.3 Å². The van der Waals surface area contributed by atoms with E-state index in [-0.39, 0.29) is 0 Å². The lowest BCUT2D eigenvalue weighted by molar-refractivity contribution is 0.463. The Morgan fingerprint density at radius 2 is 0.866 bits per heavy atom. The van der Waals surface area contributed by atoms with E-state index in [0.29, 0.717) is 11.6 Å². The molecule has 0 bridgehead atoms. The van der Waals surface area contributed by atoms with Gasteiger partial charge < -0.3 is 13.9 Å². The van der Waals surface area contributed by atoms with Crippen molar-refractivity contribution in [2.75, 3.05) is 0 Å². The number of nitrogens with zero attached hydrogens (tertiary/aromatic N) is 5. The van der Waals surface area contributed by atoms with Gasteiger partial charge in [0.15, 0.2) is 0 Å². The average Bonchev–Trinajstić information content (AvgIpc) is 4.01. The zero-order valence-corrected chi connectivity index (χ0v) is 36.6. The first-order chi connectivity index (χ1) is 33.1. The van der Waals surface area contributed by atoms with Gasteiger partial charge in [-0.05, 0) is 99.1 Å². The Labute approximate surface area is 386 Å². The molecule has 4 aromatic heterocycles. The van der Waals surface area contributed by atoms with Crippen molar-refractivity contribution in [1.29, 1.82) is 0 Å². The highest BCUT2D eigenvalue weighted by atomic mass is 16.5. The van der Waals surface area contributed by atoms with Crippen molar-refractivity contribution >= 4 is 54.6 Å². The van der Waals surface area contributed by atoms with Gasteiger partial charge in [-0.25, -0.2) is 9.97 Å². The maximum Gasteiger partial charge on any atom is 0.219 e. The van der Waals surface area contributed by atoms with Crippen LogP contribution in [0.2, 0.25) is 0 Å². The zero-order chi connectivity index (χ0) is 44.4. The number of imidazole rings is 1. The van der Waals surface area contributed by atoms with E-state index in [0.717, 1.165) is 88.5 Å². The molecule has 6 heteroatoms. The Bertz CT molecular complexity index is 3980. The molecule has 0 saturated carbocycles. The lowest BCUT2D eigenvalue weighted by Crippen LogP contribution is -2.03. The number of para-hydroxylation sites is 2. The standard InChI is InChI=1S/C61H41N5O/c1-64-55-20-9-8-19-54(55)63-61(64)66-57-36-47(45-28-24-43(25-29-45)41-15-6-3-7-16-41)31-33-51(57)53-38-52-50-32-30-46(44-26-22-42(23-27-44)40-13-4-2-5-14-40)35-56(50)65(58(52)39-59(53)66)48-17-12-18-49(37-48)67-60-21-10-11-34-62-60/h2-39H,1H3. The van der Waals surface area contributed by atoms with E-state index in [9.17, 15) is 0 Å². The van der Waals surface area contributed by atoms with Crippen molar-refractivity contribution in [3.8, 4) is 67.8 Å². The van der Waals surface area contributed by atoms with Gasteiger partial charge in [0.2, 0.25) is 11.8 Å². The molecule has 67 heavy (non-hydrogen) atoms. The van der Waals surface area contributed by atoms with Crippen LogP contribution in [-0.2, 0) is 7.05 Å². The monoisotopic (exact) mass is 859 g/mol. The maximum atomic E-state index is 6.35. The summed E-state index contributed by atoms with van der Waals surface area (Å²) in [5.41, 5.74) is 16.7. The van der Waals surface area contributed by atoms with Gasteiger partial charge in [0.05, 0.1) is 33.1 Å². The Balaban J connectivity index is 1.05. The molecule has 6 nitrogen and oxygen atoms in total. The lowest BCUT2D eigenvalue weighted by Gasteiger charge is -2.12. The molecule has 9 aromatic carbocycles. The highest BCUT2D eigenvalue weighted by Crippen LogP contribution is 2.42. The smallest absolute Gasteiger partial charge is 0.219 e. The summed E-state index contributed by atoms with van der Waals surface area (Å²) in [5.74, 6) is 2.10. The van der Waals surface area contributed by atoms with Crippen molar-refractivity contribution in [2.45, 2.75) is 0 Å².